The van der Waals surface area contributed by atoms with Crippen LogP contribution in [-0.2, 0) is 9.59 Å². The number of benzene rings is 3. The van der Waals surface area contributed by atoms with Gasteiger partial charge in [0.1, 0.15) is 23.1 Å². The van der Waals surface area contributed by atoms with E-state index in [0.717, 1.165) is 3.57 Å². The highest BCUT2D eigenvalue weighted by Crippen LogP contribution is 2.18. The van der Waals surface area contributed by atoms with E-state index in [1.54, 1.807) is 55.6 Å². The van der Waals surface area contributed by atoms with Crippen molar-refractivity contribution in [1.82, 2.24) is 0 Å². The third-order valence-electron chi connectivity index (χ3n) is 4.40. The molecule has 0 aliphatic carbocycles. The fourth-order valence-corrected chi connectivity index (χ4v) is 3.09. The second kappa shape index (κ2) is 11.7. The molecule has 0 radical (unpaired) electrons. The van der Waals surface area contributed by atoms with Gasteiger partial charge in [0.25, 0.3) is 11.8 Å². The summed E-state index contributed by atoms with van der Waals surface area (Å²) in [5.41, 5.74) is 1.85. The van der Waals surface area contributed by atoms with Crippen molar-refractivity contribution in [1.29, 1.82) is 5.26 Å². The van der Waals surface area contributed by atoms with E-state index in [2.05, 4.69) is 33.2 Å². The first-order valence-electron chi connectivity index (χ1n) is 9.82. The number of anilines is 2. The number of carbonyl (C=O) groups excluding carboxylic acids is 2. The van der Waals surface area contributed by atoms with Crippen LogP contribution in [-0.4, -0.2) is 25.5 Å². The minimum Gasteiger partial charge on any atom is -0.497 e. The number of nitrogens with zero attached hydrogens (tertiary/aromatic N) is 1. The van der Waals surface area contributed by atoms with E-state index >= 15 is 0 Å². The number of nitriles is 1. The van der Waals surface area contributed by atoms with E-state index in [0.29, 0.717) is 28.4 Å². The van der Waals surface area contributed by atoms with Gasteiger partial charge in [0, 0.05) is 14.9 Å². The summed E-state index contributed by atoms with van der Waals surface area (Å²) in [6.45, 7) is -0.144. The van der Waals surface area contributed by atoms with Crippen molar-refractivity contribution in [3.8, 4) is 17.6 Å². The second-order valence-electron chi connectivity index (χ2n) is 6.77. The van der Waals surface area contributed by atoms with Crippen molar-refractivity contribution >= 4 is 51.9 Å². The molecule has 0 heterocycles. The molecule has 166 valence electrons. The number of rotatable bonds is 8. The molecule has 0 fully saturated rings. The van der Waals surface area contributed by atoms with Gasteiger partial charge >= 0.3 is 0 Å². The van der Waals surface area contributed by atoms with Gasteiger partial charge in [0.2, 0.25) is 0 Å². The zero-order valence-electron chi connectivity index (χ0n) is 17.7. The largest absolute Gasteiger partial charge is 0.497 e. The van der Waals surface area contributed by atoms with Crippen LogP contribution in [0.5, 0.6) is 11.5 Å². The predicted molar refractivity (Wildman–Crippen MR) is 135 cm³/mol. The Labute approximate surface area is 205 Å². The summed E-state index contributed by atoms with van der Waals surface area (Å²) in [7, 11) is 1.56. The number of hydrogen-bond donors (Lipinski definition) is 2. The molecule has 0 unspecified atom stereocenters. The van der Waals surface area contributed by atoms with Crippen LogP contribution in [0.1, 0.15) is 5.56 Å². The van der Waals surface area contributed by atoms with E-state index in [-0.39, 0.29) is 18.1 Å². The molecule has 8 heteroatoms. The van der Waals surface area contributed by atoms with Gasteiger partial charge in [-0.15, -0.1) is 0 Å². The molecule has 33 heavy (non-hydrogen) atoms. The average Bonchev–Trinajstić information content (AvgIpc) is 2.84. The summed E-state index contributed by atoms with van der Waals surface area (Å²) in [6, 6.07) is 22.9. The standard InChI is InChI=1S/C25H20IN3O4/c1-32-22-12-8-21(9-13-22)29-25(31)18(15-27)14-17-2-10-23(11-3-17)33-16-24(30)28-20-6-4-19(26)5-7-20/h2-14H,16H2,1H3,(H,28,30)(H,29,31)/b18-14+. The van der Waals surface area contributed by atoms with Crippen molar-refractivity contribution in [2.45, 2.75) is 0 Å². The summed E-state index contributed by atoms with van der Waals surface area (Å²) in [6.07, 6.45) is 1.48. The second-order valence-corrected chi connectivity index (χ2v) is 8.01. The summed E-state index contributed by atoms with van der Waals surface area (Å²) in [4.78, 5) is 24.5. The lowest BCUT2D eigenvalue weighted by molar-refractivity contribution is -0.118. The first kappa shape index (κ1) is 23.8. The third-order valence-corrected chi connectivity index (χ3v) is 5.12. The van der Waals surface area contributed by atoms with Crippen LogP contribution >= 0.6 is 22.6 Å². The molecular weight excluding hydrogens is 533 g/mol. The number of amides is 2. The molecule has 0 atom stereocenters. The fourth-order valence-electron chi connectivity index (χ4n) is 2.73. The molecule has 0 aliphatic rings. The normalized spacial score (nSPS) is 10.6. The van der Waals surface area contributed by atoms with Gasteiger partial charge in [-0.2, -0.15) is 5.26 Å². The summed E-state index contributed by atoms with van der Waals surface area (Å²) < 4.78 is 11.7. The van der Waals surface area contributed by atoms with Crippen LogP contribution in [0.25, 0.3) is 6.08 Å². The Hall–Kier alpha value is -3.84. The number of methoxy groups -OCH3 is 1. The van der Waals surface area contributed by atoms with Crippen LogP contribution in [0.2, 0.25) is 0 Å². The highest BCUT2D eigenvalue weighted by atomic mass is 127. The number of carbonyl (C=O) groups is 2. The van der Waals surface area contributed by atoms with Crippen LogP contribution in [0, 0.1) is 14.9 Å². The van der Waals surface area contributed by atoms with Crippen molar-refractivity contribution in [2.24, 2.45) is 0 Å². The third kappa shape index (κ3) is 7.36. The Morgan fingerprint density at radius 2 is 1.48 bits per heavy atom. The minimum absolute atomic E-state index is 0.0450. The van der Waals surface area contributed by atoms with E-state index in [4.69, 9.17) is 9.47 Å². The average molecular weight is 553 g/mol. The molecule has 3 aromatic carbocycles. The smallest absolute Gasteiger partial charge is 0.266 e. The lowest BCUT2D eigenvalue weighted by Gasteiger charge is -2.08. The molecule has 7 nitrogen and oxygen atoms in total. The Morgan fingerprint density at radius 3 is 2.09 bits per heavy atom. The van der Waals surface area contributed by atoms with Crippen LogP contribution in [0.3, 0.4) is 0 Å². The predicted octanol–water partition coefficient (Wildman–Crippen LogP) is 4.86. The van der Waals surface area contributed by atoms with Crippen molar-refractivity contribution in [3.63, 3.8) is 0 Å². The van der Waals surface area contributed by atoms with E-state index < -0.39 is 5.91 Å². The Bertz CT molecular complexity index is 1180. The molecule has 2 amide bonds. The van der Waals surface area contributed by atoms with E-state index in [1.807, 2.05) is 30.3 Å². The Balaban J connectivity index is 1.56. The van der Waals surface area contributed by atoms with Gasteiger partial charge < -0.3 is 20.1 Å². The molecule has 2 N–H and O–H groups in total. The molecule has 0 spiro atoms. The van der Waals surface area contributed by atoms with E-state index in [1.165, 1.54) is 6.08 Å². The molecule has 0 aromatic heterocycles. The summed E-state index contributed by atoms with van der Waals surface area (Å²) >= 11 is 2.19. The quantitative estimate of drug-likeness (QED) is 0.236. The maximum absolute atomic E-state index is 12.4. The Kier molecular flexibility index (Phi) is 8.43. The monoisotopic (exact) mass is 553 g/mol. The number of ether oxygens (including phenoxy) is 2. The highest BCUT2D eigenvalue weighted by molar-refractivity contribution is 14.1. The van der Waals surface area contributed by atoms with Gasteiger partial charge in [0.05, 0.1) is 7.11 Å². The number of halogens is 1. The summed E-state index contributed by atoms with van der Waals surface area (Å²) in [5, 5.41) is 14.8. The highest BCUT2D eigenvalue weighted by Gasteiger charge is 2.10. The first-order chi connectivity index (χ1) is 16.0. The lowest BCUT2D eigenvalue weighted by atomic mass is 10.1. The summed E-state index contributed by atoms with van der Waals surface area (Å²) in [5.74, 6) is 0.363. The topological polar surface area (TPSA) is 100 Å². The Morgan fingerprint density at radius 1 is 0.909 bits per heavy atom. The van der Waals surface area contributed by atoms with Gasteiger partial charge in [-0.25, -0.2) is 0 Å². The maximum atomic E-state index is 12.4. The van der Waals surface area contributed by atoms with Crippen LogP contribution in [0.15, 0.2) is 78.4 Å². The minimum atomic E-state index is -0.518. The van der Waals surface area contributed by atoms with Crippen molar-refractivity contribution in [3.05, 3.63) is 87.5 Å². The lowest BCUT2D eigenvalue weighted by Crippen LogP contribution is -2.20. The van der Waals surface area contributed by atoms with Gasteiger partial charge in [-0.05, 0) is 94.9 Å². The molecule has 0 saturated carbocycles. The first-order valence-corrected chi connectivity index (χ1v) is 10.9. The van der Waals surface area contributed by atoms with E-state index in [9.17, 15) is 14.9 Å². The molecule has 0 bridgehead atoms. The van der Waals surface area contributed by atoms with Gasteiger partial charge in [-0.1, -0.05) is 12.1 Å². The molecule has 0 saturated heterocycles. The van der Waals surface area contributed by atoms with Crippen molar-refractivity contribution in [2.75, 3.05) is 24.4 Å². The zero-order chi connectivity index (χ0) is 23.6. The molecule has 3 aromatic rings. The SMILES string of the molecule is COc1ccc(NC(=O)/C(C#N)=C/c2ccc(OCC(=O)Nc3ccc(I)cc3)cc2)cc1. The number of hydrogen-bond acceptors (Lipinski definition) is 5. The number of nitrogens with one attached hydrogen (secondary N) is 2. The van der Waals surface area contributed by atoms with Crippen LogP contribution in [0.4, 0.5) is 11.4 Å². The fraction of sp³-hybridized carbons (Fsp3) is 0.0800. The molecule has 3 rings (SSSR count). The molecule has 0 aliphatic heterocycles. The van der Waals surface area contributed by atoms with Gasteiger partial charge in [0.15, 0.2) is 6.61 Å². The van der Waals surface area contributed by atoms with Crippen molar-refractivity contribution < 1.29 is 19.1 Å². The molecular formula is C25H20IN3O4. The maximum Gasteiger partial charge on any atom is 0.266 e. The van der Waals surface area contributed by atoms with Crippen LogP contribution < -0.4 is 20.1 Å². The van der Waals surface area contributed by atoms with Gasteiger partial charge in [-0.3, -0.25) is 9.59 Å². The zero-order valence-corrected chi connectivity index (χ0v) is 19.8.